The average molecular weight is 329 g/mol. The van der Waals surface area contributed by atoms with Gasteiger partial charge in [0.1, 0.15) is 17.1 Å². The largest absolute Gasteiger partial charge is 0.410 e. The zero-order chi connectivity index (χ0) is 17.2. The van der Waals surface area contributed by atoms with Crippen LogP contribution in [0, 0.1) is 0 Å². The summed E-state index contributed by atoms with van der Waals surface area (Å²) >= 11 is 0. The normalized spacial score (nSPS) is 11.8. The molecule has 4 rings (SSSR count). The topological polar surface area (TPSA) is 88.8 Å². The first-order valence-corrected chi connectivity index (χ1v) is 7.76. The fraction of sp³-hybridized carbons (Fsp3) is 0. The van der Waals surface area contributed by atoms with Crippen LogP contribution in [0.4, 0.5) is 5.82 Å². The number of nitrogens with zero attached hydrogens (tertiary/aromatic N) is 4. The second kappa shape index (κ2) is 6.09. The van der Waals surface area contributed by atoms with Crippen LogP contribution in [0.1, 0.15) is 11.3 Å². The molecular weight excluding hydrogens is 314 g/mol. The van der Waals surface area contributed by atoms with Crippen LogP contribution < -0.4 is 5.73 Å². The van der Waals surface area contributed by atoms with Crippen LogP contribution in [-0.2, 0) is 0 Å². The summed E-state index contributed by atoms with van der Waals surface area (Å²) in [5.41, 5.74) is 10.0. The highest BCUT2D eigenvalue weighted by Gasteiger charge is 2.16. The van der Waals surface area contributed by atoms with E-state index in [4.69, 9.17) is 5.73 Å². The molecule has 0 radical (unpaired) electrons. The van der Waals surface area contributed by atoms with Gasteiger partial charge in [-0.05, 0) is 12.1 Å². The minimum atomic E-state index is 0.383. The second-order valence-electron chi connectivity index (χ2n) is 5.51. The first-order valence-electron chi connectivity index (χ1n) is 7.76. The van der Waals surface area contributed by atoms with Crippen molar-refractivity contribution < 1.29 is 5.21 Å². The predicted octanol–water partition coefficient (Wildman–Crippen LogP) is 3.21. The quantitative estimate of drug-likeness (QED) is 0.343. The third-order valence-electron chi connectivity index (χ3n) is 3.94. The van der Waals surface area contributed by atoms with Crippen molar-refractivity contribution in [1.29, 1.82) is 0 Å². The molecule has 0 aliphatic rings. The summed E-state index contributed by atoms with van der Waals surface area (Å²) in [6.07, 6.45) is 0. The first-order chi connectivity index (χ1) is 12.3. The third kappa shape index (κ3) is 2.59. The van der Waals surface area contributed by atoms with Gasteiger partial charge in [-0.15, -0.1) is 0 Å². The number of oxime groups is 1. The number of benzene rings is 2. The number of hydrogen-bond acceptors (Lipinski definition) is 5. The summed E-state index contributed by atoms with van der Waals surface area (Å²) < 4.78 is 1.67. The van der Waals surface area contributed by atoms with Crippen molar-refractivity contribution in [2.24, 2.45) is 5.16 Å². The fourth-order valence-electron chi connectivity index (χ4n) is 2.80. The Morgan fingerprint density at radius 3 is 2.28 bits per heavy atom. The van der Waals surface area contributed by atoms with Gasteiger partial charge >= 0.3 is 0 Å². The van der Waals surface area contributed by atoms with E-state index in [1.807, 2.05) is 60.7 Å². The van der Waals surface area contributed by atoms with Gasteiger partial charge in [0.2, 0.25) is 0 Å². The van der Waals surface area contributed by atoms with Crippen LogP contribution in [-0.4, -0.2) is 25.5 Å². The monoisotopic (exact) mass is 329 g/mol. The van der Waals surface area contributed by atoms with Gasteiger partial charge in [-0.2, -0.15) is 5.10 Å². The van der Waals surface area contributed by atoms with Crippen LogP contribution in [0.25, 0.3) is 16.9 Å². The van der Waals surface area contributed by atoms with Gasteiger partial charge in [-0.3, -0.25) is 0 Å². The van der Waals surface area contributed by atoms with Crippen molar-refractivity contribution >= 4 is 17.2 Å². The lowest BCUT2D eigenvalue weighted by molar-refractivity contribution is 0.319. The molecule has 4 aromatic rings. The molecule has 0 atom stereocenters. The molecule has 3 N–H and O–H groups in total. The van der Waals surface area contributed by atoms with Crippen LogP contribution in [0.2, 0.25) is 0 Å². The van der Waals surface area contributed by atoms with E-state index in [0.29, 0.717) is 28.6 Å². The first kappa shape index (κ1) is 14.9. The molecule has 6 nitrogen and oxygen atoms in total. The number of nitrogens with two attached hydrogens (primary N) is 1. The molecule has 2 aromatic heterocycles. The molecule has 2 aromatic carbocycles. The molecule has 0 saturated heterocycles. The van der Waals surface area contributed by atoms with E-state index in [2.05, 4.69) is 15.2 Å². The molecule has 2 heterocycles. The van der Waals surface area contributed by atoms with Gasteiger partial charge in [0.05, 0.1) is 0 Å². The third-order valence-corrected chi connectivity index (χ3v) is 3.94. The number of fused-ring (bicyclic) bond motifs is 1. The smallest absolute Gasteiger partial charge is 0.156 e. The summed E-state index contributed by atoms with van der Waals surface area (Å²) in [4.78, 5) is 4.36. The fourth-order valence-corrected chi connectivity index (χ4v) is 2.80. The molecule has 6 heteroatoms. The van der Waals surface area contributed by atoms with Crippen LogP contribution in [0.15, 0.2) is 78.0 Å². The van der Waals surface area contributed by atoms with Crippen molar-refractivity contribution in [3.05, 3.63) is 84.1 Å². The Morgan fingerprint density at radius 1 is 0.920 bits per heavy atom. The molecule has 0 saturated carbocycles. The maximum absolute atomic E-state index is 9.49. The predicted molar refractivity (Wildman–Crippen MR) is 96.7 cm³/mol. The van der Waals surface area contributed by atoms with E-state index in [-0.39, 0.29) is 0 Å². The minimum Gasteiger partial charge on any atom is -0.410 e. The number of aromatic nitrogens is 3. The highest BCUT2D eigenvalue weighted by molar-refractivity contribution is 6.11. The number of rotatable bonds is 3. The Balaban J connectivity index is 1.91. The lowest BCUT2D eigenvalue weighted by Gasteiger charge is -2.06. The van der Waals surface area contributed by atoms with Crippen molar-refractivity contribution in [2.75, 3.05) is 5.73 Å². The molecule has 0 amide bonds. The van der Waals surface area contributed by atoms with Gasteiger partial charge in [-0.25, -0.2) is 9.50 Å². The maximum Gasteiger partial charge on any atom is 0.156 e. The van der Waals surface area contributed by atoms with Gasteiger partial charge < -0.3 is 10.9 Å². The number of hydrogen-bond donors (Lipinski definition) is 2. The van der Waals surface area contributed by atoms with Crippen molar-refractivity contribution in [3.63, 3.8) is 0 Å². The van der Waals surface area contributed by atoms with Crippen molar-refractivity contribution in [2.45, 2.75) is 0 Å². The van der Waals surface area contributed by atoms with E-state index >= 15 is 0 Å². The zero-order valence-electron chi connectivity index (χ0n) is 13.2. The second-order valence-corrected chi connectivity index (χ2v) is 5.51. The van der Waals surface area contributed by atoms with Gasteiger partial charge in [-0.1, -0.05) is 65.8 Å². The molecule has 0 bridgehead atoms. The number of imidazole rings is 1. The average Bonchev–Trinajstić information content (AvgIpc) is 2.99. The number of nitrogen functional groups attached to an aromatic ring is 1. The Labute approximate surface area is 143 Å². The molecule has 0 unspecified atom stereocenters. The Hall–Kier alpha value is -3.67. The van der Waals surface area contributed by atoms with Crippen molar-refractivity contribution in [3.8, 4) is 11.3 Å². The van der Waals surface area contributed by atoms with E-state index < -0.39 is 0 Å². The molecule has 0 fully saturated rings. The molecule has 122 valence electrons. The zero-order valence-corrected chi connectivity index (χ0v) is 13.2. The highest BCUT2D eigenvalue weighted by Crippen LogP contribution is 2.26. The van der Waals surface area contributed by atoms with Gasteiger partial charge in [0, 0.05) is 11.1 Å². The van der Waals surface area contributed by atoms with Crippen LogP contribution in [0.3, 0.4) is 0 Å². The Bertz CT molecular complexity index is 1060. The molecule has 0 aliphatic heterocycles. The summed E-state index contributed by atoms with van der Waals surface area (Å²) in [5, 5.41) is 17.5. The summed E-state index contributed by atoms with van der Waals surface area (Å²) in [7, 11) is 0. The van der Waals surface area contributed by atoms with E-state index in [1.54, 1.807) is 16.6 Å². The van der Waals surface area contributed by atoms with Crippen LogP contribution >= 0.6 is 0 Å². The summed E-state index contributed by atoms with van der Waals surface area (Å²) in [6, 6.07) is 22.7. The molecular formula is C19H15N5O. The molecule has 0 aliphatic carbocycles. The van der Waals surface area contributed by atoms with E-state index in [0.717, 1.165) is 11.1 Å². The molecule has 0 spiro atoms. The van der Waals surface area contributed by atoms with E-state index in [9.17, 15) is 5.21 Å². The van der Waals surface area contributed by atoms with Crippen molar-refractivity contribution in [1.82, 2.24) is 14.6 Å². The van der Waals surface area contributed by atoms with Gasteiger partial charge in [0.15, 0.2) is 11.5 Å². The SMILES string of the molecule is Nc1nc2ccc(/C(=N\O)c3ccccc3)nn2c1-c1ccccc1. The molecule has 25 heavy (non-hydrogen) atoms. The Kier molecular flexibility index (Phi) is 3.63. The lowest BCUT2D eigenvalue weighted by atomic mass is 10.1. The number of anilines is 1. The van der Waals surface area contributed by atoms with Gasteiger partial charge in [0.25, 0.3) is 0 Å². The standard InChI is InChI=1S/C19H15N5O/c20-19-18(14-9-5-2-6-10-14)24-16(21-19)12-11-15(22-24)17(23-25)13-7-3-1-4-8-13/h1-12,25H,20H2/b23-17-. The van der Waals surface area contributed by atoms with E-state index in [1.165, 1.54) is 0 Å². The maximum atomic E-state index is 9.49. The van der Waals surface area contributed by atoms with Crippen LogP contribution in [0.5, 0.6) is 0 Å². The summed E-state index contributed by atoms with van der Waals surface area (Å²) in [6.45, 7) is 0. The minimum absolute atomic E-state index is 0.383. The summed E-state index contributed by atoms with van der Waals surface area (Å²) in [5.74, 6) is 0.401. The Morgan fingerprint density at radius 2 is 1.60 bits per heavy atom. The lowest BCUT2D eigenvalue weighted by Crippen LogP contribution is -2.09. The highest BCUT2D eigenvalue weighted by atomic mass is 16.4.